The summed E-state index contributed by atoms with van der Waals surface area (Å²) >= 11 is 0. The second kappa shape index (κ2) is 40.1. The molecule has 0 saturated heterocycles. The van der Waals surface area contributed by atoms with Crippen molar-refractivity contribution in [3.05, 3.63) is 48.6 Å². The maximum atomic E-state index is 12.4. The van der Waals surface area contributed by atoms with Gasteiger partial charge >= 0.3 is 19.8 Å². The van der Waals surface area contributed by atoms with Gasteiger partial charge in [-0.25, -0.2) is 4.57 Å². The molecule has 0 aliphatic carbocycles. The molecule has 0 aromatic rings. The van der Waals surface area contributed by atoms with Crippen molar-refractivity contribution in [3.8, 4) is 0 Å². The quantitative estimate of drug-likeness (QED) is 0.0237. The Morgan fingerprint density at radius 1 is 0.491 bits per heavy atom. The topological polar surface area (TPSA) is 149 Å². The van der Waals surface area contributed by atoms with E-state index >= 15 is 0 Å². The summed E-state index contributed by atoms with van der Waals surface area (Å²) in [6.07, 6.45) is 42.2. The number of hydrogen-bond acceptors (Lipinski definition) is 9. The Morgan fingerprint density at radius 2 is 0.818 bits per heavy atom. The maximum absolute atomic E-state index is 12.4. The van der Waals surface area contributed by atoms with Gasteiger partial charge in [0.05, 0.1) is 26.4 Å². The monoisotopic (exact) mass is 799 g/mol. The highest BCUT2D eigenvalue weighted by Gasteiger charge is 2.27. The Kier molecular flexibility index (Phi) is 38.6. The van der Waals surface area contributed by atoms with Gasteiger partial charge in [-0.05, 0) is 70.6 Å². The van der Waals surface area contributed by atoms with Crippen LogP contribution in [0.2, 0.25) is 0 Å². The van der Waals surface area contributed by atoms with Gasteiger partial charge in [-0.15, -0.1) is 0 Å². The maximum Gasteiger partial charge on any atom is 0.472 e. The van der Waals surface area contributed by atoms with Crippen LogP contribution >= 0.6 is 7.82 Å². The molecule has 0 saturated carbocycles. The first-order valence-electron chi connectivity index (χ1n) is 21.6. The normalized spacial score (nSPS) is 14.3. The Balaban J connectivity index is 3.95. The average Bonchev–Trinajstić information content (AvgIpc) is 3.17. The highest BCUT2D eigenvalue weighted by atomic mass is 31.2. The Bertz CT molecular complexity index is 1060. The zero-order chi connectivity index (χ0) is 40.5. The smallest absolute Gasteiger partial charge is 0.457 e. The summed E-state index contributed by atoms with van der Waals surface area (Å²) in [4.78, 5) is 34.5. The van der Waals surface area contributed by atoms with Gasteiger partial charge < -0.3 is 24.6 Å². The standard InChI is InChI=1S/C44H79O10P/c1-3-5-7-9-11-13-15-17-19-20-21-22-24-26-28-30-32-34-36-44(48)54-42(38-46)40-52-55(49,50)51-39-41(37-45)53-43(47)35-33-31-29-27-25-23-18-16-14-12-10-8-6-4-2/h10,12-13,15-16,18-20,41-42,45-46H,3-9,11,14,17,21-40H2,1-2H3,(H,49,50)/b12-10-,15-13-,18-16-,20-19-. The molecule has 0 fully saturated rings. The number of aliphatic hydroxyl groups is 2. The van der Waals surface area contributed by atoms with Gasteiger partial charge in [-0.3, -0.25) is 18.6 Å². The van der Waals surface area contributed by atoms with E-state index in [1.165, 1.54) is 64.2 Å². The molecule has 3 atom stereocenters. The second-order valence-corrected chi connectivity index (χ2v) is 15.8. The van der Waals surface area contributed by atoms with Crippen molar-refractivity contribution < 1.29 is 47.8 Å². The molecule has 320 valence electrons. The fourth-order valence-corrected chi connectivity index (χ4v) is 6.42. The number of allylic oxidation sites excluding steroid dienone is 8. The zero-order valence-electron chi connectivity index (χ0n) is 34.6. The molecule has 0 aliphatic rings. The lowest BCUT2D eigenvalue weighted by molar-refractivity contribution is -0.153. The molecule has 55 heavy (non-hydrogen) atoms. The van der Waals surface area contributed by atoms with E-state index in [2.05, 4.69) is 62.5 Å². The molecule has 0 heterocycles. The highest BCUT2D eigenvalue weighted by molar-refractivity contribution is 7.47. The molecule has 0 rings (SSSR count). The van der Waals surface area contributed by atoms with Crippen molar-refractivity contribution >= 4 is 19.8 Å². The fourth-order valence-electron chi connectivity index (χ4n) is 5.63. The van der Waals surface area contributed by atoms with Crippen LogP contribution in [0.5, 0.6) is 0 Å². The minimum Gasteiger partial charge on any atom is -0.457 e. The van der Waals surface area contributed by atoms with Gasteiger partial charge in [0, 0.05) is 12.8 Å². The number of esters is 2. The van der Waals surface area contributed by atoms with Gasteiger partial charge in [0.25, 0.3) is 0 Å². The van der Waals surface area contributed by atoms with Crippen LogP contribution in [0.25, 0.3) is 0 Å². The van der Waals surface area contributed by atoms with E-state index in [1.807, 2.05) is 0 Å². The summed E-state index contributed by atoms with van der Waals surface area (Å²) in [6.45, 7) is 2.12. The molecule has 0 radical (unpaired) electrons. The number of unbranched alkanes of at least 4 members (excludes halogenated alkanes) is 18. The van der Waals surface area contributed by atoms with Crippen molar-refractivity contribution in [2.24, 2.45) is 0 Å². The van der Waals surface area contributed by atoms with Gasteiger partial charge in [0.1, 0.15) is 12.2 Å². The molecule has 3 N–H and O–H groups in total. The Hall–Kier alpha value is -2.07. The van der Waals surface area contributed by atoms with E-state index in [4.69, 9.17) is 18.5 Å². The fraction of sp³-hybridized carbons (Fsp3) is 0.773. The summed E-state index contributed by atoms with van der Waals surface area (Å²) in [5.74, 6) is -1.04. The number of carbonyl (C=O) groups is 2. The van der Waals surface area contributed by atoms with E-state index in [0.717, 1.165) is 77.0 Å². The molecule has 0 amide bonds. The van der Waals surface area contributed by atoms with E-state index in [0.29, 0.717) is 12.8 Å². The van der Waals surface area contributed by atoms with E-state index in [9.17, 15) is 29.3 Å². The number of phosphoric ester groups is 1. The molecule has 0 aromatic heterocycles. The van der Waals surface area contributed by atoms with Crippen LogP contribution in [-0.4, -0.2) is 65.7 Å². The number of phosphoric acid groups is 1. The van der Waals surface area contributed by atoms with Crippen molar-refractivity contribution in [2.45, 2.75) is 193 Å². The predicted molar refractivity (Wildman–Crippen MR) is 224 cm³/mol. The van der Waals surface area contributed by atoms with Crippen LogP contribution in [0.1, 0.15) is 181 Å². The largest absolute Gasteiger partial charge is 0.472 e. The Morgan fingerprint density at radius 3 is 1.18 bits per heavy atom. The van der Waals surface area contributed by atoms with Gasteiger partial charge in [0.15, 0.2) is 0 Å². The summed E-state index contributed by atoms with van der Waals surface area (Å²) in [5.41, 5.74) is 0. The van der Waals surface area contributed by atoms with E-state index in [-0.39, 0.29) is 12.8 Å². The van der Waals surface area contributed by atoms with Crippen molar-refractivity contribution in [1.82, 2.24) is 0 Å². The van der Waals surface area contributed by atoms with Gasteiger partial charge in [0.2, 0.25) is 0 Å². The first-order valence-corrected chi connectivity index (χ1v) is 23.1. The summed E-state index contributed by atoms with van der Waals surface area (Å²) in [6, 6.07) is 0. The Labute approximate surface area is 334 Å². The van der Waals surface area contributed by atoms with Gasteiger partial charge in [-0.2, -0.15) is 0 Å². The predicted octanol–water partition coefficient (Wildman–Crippen LogP) is 11.3. The minimum atomic E-state index is -4.64. The number of ether oxygens (including phenoxy) is 2. The third-order valence-electron chi connectivity index (χ3n) is 9.01. The SMILES string of the molecule is CCCC/C=C\C/C=C\CCCCCCCC(=O)OC(CO)COP(=O)(O)OCC(CO)OC(=O)CCCCCCCCC/C=C\C/C=C\CCCCCC. The third kappa shape index (κ3) is 38.6. The minimum absolute atomic E-state index is 0.174. The van der Waals surface area contributed by atoms with Crippen molar-refractivity contribution in [3.63, 3.8) is 0 Å². The number of hydrogen-bond donors (Lipinski definition) is 3. The lowest BCUT2D eigenvalue weighted by Crippen LogP contribution is -2.28. The molecule has 10 nitrogen and oxygen atoms in total. The molecule has 0 bridgehead atoms. The molecular weight excluding hydrogens is 719 g/mol. The summed E-state index contributed by atoms with van der Waals surface area (Å²) in [5, 5.41) is 19.2. The van der Waals surface area contributed by atoms with Crippen LogP contribution in [0, 0.1) is 0 Å². The zero-order valence-corrected chi connectivity index (χ0v) is 35.5. The lowest BCUT2D eigenvalue weighted by Gasteiger charge is -2.20. The molecule has 0 spiro atoms. The first kappa shape index (κ1) is 52.9. The van der Waals surface area contributed by atoms with Crippen LogP contribution < -0.4 is 0 Å². The highest BCUT2D eigenvalue weighted by Crippen LogP contribution is 2.43. The second-order valence-electron chi connectivity index (χ2n) is 14.3. The van der Waals surface area contributed by atoms with Crippen LogP contribution in [0.3, 0.4) is 0 Å². The summed E-state index contributed by atoms with van der Waals surface area (Å²) in [7, 11) is -4.64. The third-order valence-corrected chi connectivity index (χ3v) is 9.96. The summed E-state index contributed by atoms with van der Waals surface area (Å²) < 4.78 is 32.5. The first-order chi connectivity index (χ1) is 26.8. The molecule has 0 aliphatic heterocycles. The molecular formula is C44H79O10P. The van der Waals surface area contributed by atoms with Crippen molar-refractivity contribution in [2.75, 3.05) is 26.4 Å². The van der Waals surface area contributed by atoms with Crippen molar-refractivity contribution in [1.29, 1.82) is 0 Å². The molecule has 11 heteroatoms. The molecule has 0 aromatic carbocycles. The van der Waals surface area contributed by atoms with E-state index < -0.39 is 58.4 Å². The van der Waals surface area contributed by atoms with Gasteiger partial charge in [-0.1, -0.05) is 146 Å². The van der Waals surface area contributed by atoms with E-state index in [1.54, 1.807) is 0 Å². The number of rotatable bonds is 40. The van der Waals surface area contributed by atoms with Crippen LogP contribution in [0.15, 0.2) is 48.6 Å². The molecule has 3 unspecified atom stereocenters. The van der Waals surface area contributed by atoms with Crippen LogP contribution in [0.4, 0.5) is 0 Å². The number of carbonyl (C=O) groups excluding carboxylic acids is 2. The number of aliphatic hydroxyl groups excluding tert-OH is 2. The van der Waals surface area contributed by atoms with Crippen LogP contribution in [-0.2, 0) is 32.7 Å². The average molecular weight is 799 g/mol. The lowest BCUT2D eigenvalue weighted by atomic mass is 10.1.